The van der Waals surface area contributed by atoms with E-state index in [1.807, 2.05) is 6.92 Å². The first-order chi connectivity index (χ1) is 10.1. The molecule has 2 atom stereocenters. The molecule has 6 nitrogen and oxygen atoms in total. The minimum Gasteiger partial charge on any atom is -0.465 e. The van der Waals surface area contributed by atoms with Crippen molar-refractivity contribution in [1.82, 2.24) is 15.5 Å². The lowest BCUT2D eigenvalue weighted by molar-refractivity contribution is -0.151. The molecule has 1 aromatic rings. The summed E-state index contributed by atoms with van der Waals surface area (Å²) in [5, 5.41) is 12.1. The highest BCUT2D eigenvalue weighted by Crippen LogP contribution is 2.40. The maximum absolute atomic E-state index is 12.3. The first-order valence-electron chi connectivity index (χ1n) is 7.48. The molecule has 118 valence electrons. The topological polar surface area (TPSA) is 77.2 Å². The maximum atomic E-state index is 12.3. The van der Waals surface area contributed by atoms with Crippen molar-refractivity contribution in [2.75, 3.05) is 13.2 Å². The summed E-state index contributed by atoms with van der Waals surface area (Å²) in [5.41, 5.74) is -0.557. The Kier molecular flexibility index (Phi) is 5.64. The number of carbonyl (C=O) groups is 1. The third-order valence-electron chi connectivity index (χ3n) is 3.62. The van der Waals surface area contributed by atoms with Gasteiger partial charge in [-0.05, 0) is 39.2 Å². The third-order valence-corrected chi connectivity index (χ3v) is 4.73. The van der Waals surface area contributed by atoms with E-state index in [2.05, 4.69) is 22.4 Å². The Labute approximate surface area is 129 Å². The van der Waals surface area contributed by atoms with Crippen molar-refractivity contribution in [2.24, 2.45) is 0 Å². The Morgan fingerprint density at radius 1 is 1.52 bits per heavy atom. The lowest BCUT2D eigenvalue weighted by Crippen LogP contribution is -2.51. The van der Waals surface area contributed by atoms with Gasteiger partial charge in [0.2, 0.25) is 5.89 Å². The molecule has 1 N–H and O–H groups in total. The molecule has 2 unspecified atom stereocenters. The monoisotopic (exact) mass is 313 g/mol. The molecule has 0 radical (unpaired) electrons. The Morgan fingerprint density at radius 2 is 2.33 bits per heavy atom. The Morgan fingerprint density at radius 3 is 2.95 bits per heavy atom. The second-order valence-corrected chi connectivity index (χ2v) is 6.55. The summed E-state index contributed by atoms with van der Waals surface area (Å²) in [4.78, 5) is 12.3. The molecule has 0 spiro atoms. The van der Waals surface area contributed by atoms with Crippen molar-refractivity contribution in [3.63, 3.8) is 0 Å². The second-order valence-electron chi connectivity index (χ2n) is 5.30. The van der Waals surface area contributed by atoms with Gasteiger partial charge < -0.3 is 14.5 Å². The van der Waals surface area contributed by atoms with Crippen molar-refractivity contribution < 1.29 is 13.9 Å². The number of carbonyl (C=O) groups excluding carboxylic acids is 1. The molecule has 21 heavy (non-hydrogen) atoms. The largest absolute Gasteiger partial charge is 0.465 e. The lowest BCUT2D eigenvalue weighted by atomic mass is 9.97. The molecule has 0 amide bonds. The van der Waals surface area contributed by atoms with Crippen molar-refractivity contribution in [3.8, 4) is 0 Å². The lowest BCUT2D eigenvalue weighted by Gasteiger charge is -2.28. The second kappa shape index (κ2) is 7.26. The van der Waals surface area contributed by atoms with Gasteiger partial charge in [-0.1, -0.05) is 18.7 Å². The third kappa shape index (κ3) is 3.97. The van der Waals surface area contributed by atoms with Gasteiger partial charge in [-0.2, -0.15) is 0 Å². The van der Waals surface area contributed by atoms with E-state index >= 15 is 0 Å². The van der Waals surface area contributed by atoms with Gasteiger partial charge in [0.25, 0.3) is 5.22 Å². The minimum atomic E-state index is -0.557. The van der Waals surface area contributed by atoms with Crippen molar-refractivity contribution in [1.29, 1.82) is 0 Å². The van der Waals surface area contributed by atoms with Crippen LogP contribution in [0.2, 0.25) is 0 Å². The van der Waals surface area contributed by atoms with Crippen LogP contribution in [0.5, 0.6) is 0 Å². The van der Waals surface area contributed by atoms with E-state index in [0.717, 1.165) is 32.2 Å². The highest BCUT2D eigenvalue weighted by atomic mass is 32.2. The normalized spacial score (nSPS) is 25.2. The van der Waals surface area contributed by atoms with Crippen molar-refractivity contribution in [3.05, 3.63) is 5.89 Å². The number of rotatable bonds is 7. The summed E-state index contributed by atoms with van der Waals surface area (Å²) in [6, 6.07) is 0. The molecule has 1 aliphatic rings. The van der Waals surface area contributed by atoms with E-state index in [4.69, 9.17) is 9.15 Å². The van der Waals surface area contributed by atoms with Crippen LogP contribution in [0.3, 0.4) is 0 Å². The zero-order valence-corrected chi connectivity index (χ0v) is 13.7. The van der Waals surface area contributed by atoms with E-state index in [-0.39, 0.29) is 5.97 Å². The van der Waals surface area contributed by atoms with Gasteiger partial charge in [-0.25, -0.2) is 0 Å². The fraction of sp³-hybridized carbons (Fsp3) is 0.786. The first kappa shape index (κ1) is 16.3. The Balaban J connectivity index is 2.01. The summed E-state index contributed by atoms with van der Waals surface area (Å²) < 4.78 is 10.7. The summed E-state index contributed by atoms with van der Waals surface area (Å²) in [5.74, 6) is 0.430. The van der Waals surface area contributed by atoms with E-state index in [9.17, 15) is 4.79 Å². The number of nitrogens with one attached hydrogen (secondary N) is 1. The van der Waals surface area contributed by atoms with Crippen LogP contribution in [-0.4, -0.2) is 40.1 Å². The first-order valence-corrected chi connectivity index (χ1v) is 8.36. The van der Waals surface area contributed by atoms with Gasteiger partial charge in [0.15, 0.2) is 0 Å². The smallest absolute Gasteiger partial charge is 0.326 e. The molecule has 1 heterocycles. The van der Waals surface area contributed by atoms with Crippen molar-refractivity contribution in [2.45, 2.75) is 62.5 Å². The number of thioether (sulfide) groups is 1. The highest BCUT2D eigenvalue weighted by molar-refractivity contribution is 7.99. The Hall–Kier alpha value is -1.08. The molecule has 1 fully saturated rings. The van der Waals surface area contributed by atoms with Crippen LogP contribution in [0, 0.1) is 6.92 Å². The fourth-order valence-corrected chi connectivity index (χ4v) is 3.77. The molecule has 0 aromatic carbocycles. The fourth-order valence-electron chi connectivity index (χ4n) is 2.62. The molecule has 2 rings (SSSR count). The van der Waals surface area contributed by atoms with Crippen LogP contribution in [0.15, 0.2) is 9.64 Å². The Bertz CT molecular complexity index is 480. The quantitative estimate of drug-likeness (QED) is 0.774. The summed E-state index contributed by atoms with van der Waals surface area (Å²) in [6.07, 6.45) is 3.44. The minimum absolute atomic E-state index is 0.136. The standard InChI is InChI=1S/C14H23N3O3S/c1-4-8-15-14(12(18)19-5-2)7-6-11(9-14)21-13-17-16-10(3)20-13/h11,15H,4-9H2,1-3H3. The molecule has 0 saturated heterocycles. The number of esters is 1. The van der Waals surface area contributed by atoms with Gasteiger partial charge in [0, 0.05) is 12.2 Å². The molecule has 7 heteroatoms. The van der Waals surface area contributed by atoms with E-state index in [1.54, 1.807) is 18.7 Å². The maximum Gasteiger partial charge on any atom is 0.326 e. The van der Waals surface area contributed by atoms with Crippen LogP contribution in [-0.2, 0) is 9.53 Å². The molecule has 0 aliphatic heterocycles. The van der Waals surface area contributed by atoms with E-state index in [0.29, 0.717) is 23.0 Å². The summed E-state index contributed by atoms with van der Waals surface area (Å²) >= 11 is 1.56. The average molecular weight is 313 g/mol. The van der Waals surface area contributed by atoms with Crippen LogP contribution < -0.4 is 5.32 Å². The van der Waals surface area contributed by atoms with E-state index in [1.165, 1.54) is 0 Å². The van der Waals surface area contributed by atoms with Gasteiger partial charge in [-0.3, -0.25) is 4.79 Å². The molecule has 0 bridgehead atoms. The van der Waals surface area contributed by atoms with Crippen molar-refractivity contribution >= 4 is 17.7 Å². The molecular formula is C14H23N3O3S. The van der Waals surface area contributed by atoms with E-state index < -0.39 is 5.54 Å². The van der Waals surface area contributed by atoms with Gasteiger partial charge in [-0.15, -0.1) is 10.2 Å². The number of hydrogen-bond donors (Lipinski definition) is 1. The van der Waals surface area contributed by atoms with Crippen LogP contribution in [0.25, 0.3) is 0 Å². The predicted molar refractivity (Wildman–Crippen MR) is 80.2 cm³/mol. The predicted octanol–water partition coefficient (Wildman–Crippen LogP) is 2.32. The average Bonchev–Trinajstić information content (AvgIpc) is 3.05. The van der Waals surface area contributed by atoms with Crippen LogP contribution in [0.4, 0.5) is 0 Å². The van der Waals surface area contributed by atoms with Gasteiger partial charge in [0.1, 0.15) is 5.54 Å². The zero-order chi connectivity index (χ0) is 15.3. The number of nitrogens with zero attached hydrogens (tertiary/aromatic N) is 2. The van der Waals surface area contributed by atoms with Gasteiger partial charge >= 0.3 is 5.97 Å². The summed E-state index contributed by atoms with van der Waals surface area (Å²) in [6.45, 7) is 6.93. The molecular weight excluding hydrogens is 290 g/mol. The zero-order valence-electron chi connectivity index (χ0n) is 12.8. The summed E-state index contributed by atoms with van der Waals surface area (Å²) in [7, 11) is 0. The van der Waals surface area contributed by atoms with Gasteiger partial charge in [0.05, 0.1) is 6.61 Å². The number of aromatic nitrogens is 2. The SMILES string of the molecule is CCCNC1(C(=O)OCC)CCC(Sc2nnc(C)o2)C1. The molecule has 1 aromatic heterocycles. The molecule has 1 saturated carbocycles. The number of aryl methyl sites for hydroxylation is 1. The van der Waals surface area contributed by atoms with Crippen LogP contribution in [0.1, 0.15) is 45.4 Å². The number of ether oxygens (including phenoxy) is 1. The highest BCUT2D eigenvalue weighted by Gasteiger charge is 2.46. The van der Waals surface area contributed by atoms with Crippen LogP contribution >= 0.6 is 11.8 Å². The number of hydrogen-bond acceptors (Lipinski definition) is 7. The molecule has 1 aliphatic carbocycles.